The first-order chi connectivity index (χ1) is 9.36. The van der Waals surface area contributed by atoms with Crippen LogP contribution in [0.5, 0.6) is 0 Å². The Hall–Kier alpha value is -1.84. The van der Waals surface area contributed by atoms with Gasteiger partial charge in [0.2, 0.25) is 0 Å². The van der Waals surface area contributed by atoms with Crippen molar-refractivity contribution in [3.63, 3.8) is 0 Å². The van der Waals surface area contributed by atoms with Gasteiger partial charge in [-0.3, -0.25) is 4.68 Å². The van der Waals surface area contributed by atoms with Crippen molar-refractivity contribution in [3.05, 3.63) is 46.6 Å². The summed E-state index contributed by atoms with van der Waals surface area (Å²) in [5.74, 6) is 0.941. The monoisotopic (exact) mass is 257 g/mol. The number of aryl methyl sites for hydroxylation is 1. The molecule has 0 fully saturated rings. The van der Waals surface area contributed by atoms with Crippen LogP contribution in [0.3, 0.4) is 0 Å². The van der Waals surface area contributed by atoms with Crippen molar-refractivity contribution >= 4 is 0 Å². The number of benzene rings is 1. The predicted octanol–water partition coefficient (Wildman–Crippen LogP) is 2.54. The molecular formula is C15H19N3O. The lowest BCUT2D eigenvalue weighted by molar-refractivity contribution is 0.494. The molecule has 4 nitrogen and oxygen atoms in total. The highest BCUT2D eigenvalue weighted by atomic mass is 16.2. The molecule has 19 heavy (non-hydrogen) atoms. The molecule has 100 valence electrons. The average Bonchev–Trinajstić information content (AvgIpc) is 2.78. The van der Waals surface area contributed by atoms with E-state index in [2.05, 4.69) is 9.67 Å². The van der Waals surface area contributed by atoms with Crippen molar-refractivity contribution in [1.29, 1.82) is 0 Å². The molecule has 3 rings (SSSR count). The molecule has 0 spiro atoms. The minimum atomic E-state index is -0.151. The SMILES string of the molecule is O=c1nc2n(n1-c1ccccc1)CCCCCCC2. The Bertz CT molecular complexity index is 598. The van der Waals surface area contributed by atoms with E-state index >= 15 is 0 Å². The van der Waals surface area contributed by atoms with Crippen LogP contribution in [0.4, 0.5) is 0 Å². The van der Waals surface area contributed by atoms with E-state index < -0.39 is 0 Å². The van der Waals surface area contributed by atoms with E-state index in [9.17, 15) is 4.79 Å². The van der Waals surface area contributed by atoms with Crippen molar-refractivity contribution < 1.29 is 0 Å². The summed E-state index contributed by atoms with van der Waals surface area (Å²) in [4.78, 5) is 16.4. The largest absolute Gasteiger partial charge is 0.368 e. The molecule has 0 N–H and O–H groups in total. The fraction of sp³-hybridized carbons (Fsp3) is 0.467. The lowest BCUT2D eigenvalue weighted by Gasteiger charge is -2.12. The van der Waals surface area contributed by atoms with Gasteiger partial charge in [0.25, 0.3) is 0 Å². The van der Waals surface area contributed by atoms with E-state index in [1.807, 2.05) is 30.3 Å². The molecule has 0 saturated heterocycles. The Kier molecular flexibility index (Phi) is 3.49. The molecule has 1 aromatic carbocycles. The Morgan fingerprint density at radius 2 is 1.68 bits per heavy atom. The highest BCUT2D eigenvalue weighted by molar-refractivity contribution is 5.29. The van der Waals surface area contributed by atoms with Crippen LogP contribution in [0, 0.1) is 0 Å². The van der Waals surface area contributed by atoms with E-state index in [0.717, 1.165) is 37.3 Å². The van der Waals surface area contributed by atoms with Gasteiger partial charge in [-0.1, -0.05) is 37.5 Å². The van der Waals surface area contributed by atoms with Gasteiger partial charge in [-0.25, -0.2) is 4.79 Å². The number of nitrogens with zero attached hydrogens (tertiary/aromatic N) is 3. The van der Waals surface area contributed by atoms with Gasteiger partial charge in [-0.2, -0.15) is 9.67 Å². The Labute approximate surface area is 112 Å². The standard InChI is InChI=1S/C15H19N3O/c19-15-16-14-11-7-2-1-3-8-12-17(14)18(15)13-9-5-4-6-10-13/h4-6,9-10H,1-3,7-8,11-12H2. The topological polar surface area (TPSA) is 39.8 Å². The van der Waals surface area contributed by atoms with Gasteiger partial charge in [0.15, 0.2) is 0 Å². The van der Waals surface area contributed by atoms with E-state index in [4.69, 9.17) is 0 Å². The Morgan fingerprint density at radius 3 is 2.53 bits per heavy atom. The first-order valence-corrected chi connectivity index (χ1v) is 7.10. The van der Waals surface area contributed by atoms with E-state index in [0.29, 0.717) is 0 Å². The zero-order valence-corrected chi connectivity index (χ0v) is 11.1. The van der Waals surface area contributed by atoms with Crippen LogP contribution in [0.1, 0.15) is 37.9 Å². The third-order valence-corrected chi connectivity index (χ3v) is 3.72. The van der Waals surface area contributed by atoms with E-state index in [1.165, 1.54) is 19.3 Å². The number of aromatic nitrogens is 3. The molecule has 4 heteroatoms. The molecule has 0 unspecified atom stereocenters. The Morgan fingerprint density at radius 1 is 0.947 bits per heavy atom. The number of para-hydroxylation sites is 1. The molecule has 1 aliphatic heterocycles. The van der Waals surface area contributed by atoms with Gasteiger partial charge in [0.1, 0.15) is 5.82 Å². The molecule has 1 aliphatic rings. The Balaban J connectivity index is 2.07. The van der Waals surface area contributed by atoms with Crippen LogP contribution in [0.25, 0.3) is 5.69 Å². The van der Waals surface area contributed by atoms with Crippen LogP contribution < -0.4 is 5.69 Å². The maximum absolute atomic E-state index is 12.1. The molecule has 1 aromatic heterocycles. The summed E-state index contributed by atoms with van der Waals surface area (Å²) in [7, 11) is 0. The van der Waals surface area contributed by atoms with Gasteiger partial charge in [-0.05, 0) is 25.0 Å². The van der Waals surface area contributed by atoms with Crippen molar-refractivity contribution in [1.82, 2.24) is 14.3 Å². The second kappa shape index (κ2) is 5.43. The summed E-state index contributed by atoms with van der Waals surface area (Å²) in [6.45, 7) is 0.888. The second-order valence-electron chi connectivity index (χ2n) is 5.10. The third-order valence-electron chi connectivity index (χ3n) is 3.72. The van der Waals surface area contributed by atoms with E-state index in [-0.39, 0.29) is 5.69 Å². The molecule has 0 saturated carbocycles. The first-order valence-electron chi connectivity index (χ1n) is 7.10. The van der Waals surface area contributed by atoms with Crippen LogP contribution in [0.15, 0.2) is 35.1 Å². The second-order valence-corrected chi connectivity index (χ2v) is 5.10. The van der Waals surface area contributed by atoms with Crippen LogP contribution in [0.2, 0.25) is 0 Å². The van der Waals surface area contributed by atoms with Crippen molar-refractivity contribution in [2.24, 2.45) is 0 Å². The molecule has 0 aliphatic carbocycles. The minimum Gasteiger partial charge on any atom is -0.263 e. The van der Waals surface area contributed by atoms with Gasteiger partial charge in [0, 0.05) is 13.0 Å². The summed E-state index contributed by atoms with van der Waals surface area (Å²) in [5.41, 5.74) is 0.757. The predicted molar refractivity (Wildman–Crippen MR) is 74.6 cm³/mol. The molecular weight excluding hydrogens is 238 g/mol. The number of hydrogen-bond acceptors (Lipinski definition) is 2. The molecule has 2 heterocycles. The number of hydrogen-bond donors (Lipinski definition) is 0. The summed E-state index contributed by atoms with van der Waals surface area (Å²) < 4.78 is 3.80. The molecule has 2 aromatic rings. The summed E-state index contributed by atoms with van der Waals surface area (Å²) in [6.07, 6.45) is 6.93. The van der Waals surface area contributed by atoms with Crippen LogP contribution in [-0.2, 0) is 13.0 Å². The number of rotatable bonds is 1. The minimum absolute atomic E-state index is 0.151. The van der Waals surface area contributed by atoms with Crippen LogP contribution >= 0.6 is 0 Å². The summed E-state index contributed by atoms with van der Waals surface area (Å²) >= 11 is 0. The normalized spacial score (nSPS) is 16.2. The average molecular weight is 257 g/mol. The zero-order valence-electron chi connectivity index (χ0n) is 11.1. The molecule has 0 atom stereocenters. The first kappa shape index (κ1) is 12.2. The third kappa shape index (κ3) is 2.48. The lowest BCUT2D eigenvalue weighted by Crippen LogP contribution is -2.22. The maximum Gasteiger partial charge on any atom is 0.368 e. The maximum atomic E-state index is 12.1. The quantitative estimate of drug-likeness (QED) is 0.787. The van der Waals surface area contributed by atoms with Crippen molar-refractivity contribution in [2.45, 2.75) is 45.1 Å². The van der Waals surface area contributed by atoms with Gasteiger partial charge >= 0.3 is 5.69 Å². The molecule has 0 bridgehead atoms. The van der Waals surface area contributed by atoms with E-state index in [1.54, 1.807) is 4.68 Å². The van der Waals surface area contributed by atoms with Gasteiger partial charge in [0.05, 0.1) is 5.69 Å². The van der Waals surface area contributed by atoms with Crippen LogP contribution in [-0.4, -0.2) is 14.3 Å². The molecule has 0 amide bonds. The number of fused-ring (bicyclic) bond motifs is 1. The summed E-state index contributed by atoms with van der Waals surface area (Å²) in [6, 6.07) is 9.80. The highest BCUT2D eigenvalue weighted by Crippen LogP contribution is 2.14. The summed E-state index contributed by atoms with van der Waals surface area (Å²) in [5, 5.41) is 0. The van der Waals surface area contributed by atoms with Gasteiger partial charge < -0.3 is 0 Å². The fourth-order valence-corrected chi connectivity index (χ4v) is 2.74. The smallest absolute Gasteiger partial charge is 0.263 e. The lowest BCUT2D eigenvalue weighted by atomic mass is 10.1. The zero-order chi connectivity index (χ0) is 13.1. The molecule has 0 radical (unpaired) electrons. The van der Waals surface area contributed by atoms with Crippen molar-refractivity contribution in [2.75, 3.05) is 0 Å². The van der Waals surface area contributed by atoms with Crippen molar-refractivity contribution in [3.8, 4) is 5.69 Å². The highest BCUT2D eigenvalue weighted by Gasteiger charge is 2.15. The van der Waals surface area contributed by atoms with Gasteiger partial charge in [-0.15, -0.1) is 0 Å². The fourth-order valence-electron chi connectivity index (χ4n) is 2.74.